The maximum Gasteiger partial charge on any atom is 0.124 e. The molecule has 0 unspecified atom stereocenters. The first-order valence-electron chi connectivity index (χ1n) is 3.70. The molecule has 2 nitrogen and oxygen atoms in total. The smallest absolute Gasteiger partial charge is 0.124 e. The van der Waals surface area contributed by atoms with Gasteiger partial charge in [0, 0.05) is 0 Å². The minimum Gasteiger partial charge on any atom is -0.251 e. The fourth-order valence-corrected chi connectivity index (χ4v) is 1.54. The second-order valence-corrected chi connectivity index (χ2v) is 3.07. The van der Waals surface area contributed by atoms with Crippen molar-refractivity contribution in [2.45, 2.75) is 38.2 Å². The Kier molecular flexibility index (Phi) is 2.11. The largest absolute Gasteiger partial charge is 0.251 e. The van der Waals surface area contributed by atoms with Crippen molar-refractivity contribution in [3.05, 3.63) is 12.2 Å². The van der Waals surface area contributed by atoms with Gasteiger partial charge in [0.05, 0.1) is 0 Å². The van der Waals surface area contributed by atoms with Crippen molar-refractivity contribution in [1.82, 2.24) is 0 Å². The lowest BCUT2D eigenvalue weighted by Gasteiger charge is -2.24. The zero-order chi connectivity index (χ0) is 7.61. The van der Waals surface area contributed by atoms with Crippen LogP contribution in [0.4, 0.5) is 0 Å². The first-order valence-corrected chi connectivity index (χ1v) is 3.70. The highest BCUT2D eigenvalue weighted by molar-refractivity contribution is 5.11. The van der Waals surface area contributed by atoms with Crippen LogP contribution in [0.2, 0.25) is 0 Å². The van der Waals surface area contributed by atoms with Crippen LogP contribution in [-0.4, -0.2) is 10.9 Å². The highest BCUT2D eigenvalue weighted by Crippen LogP contribution is 2.37. The molecule has 0 aromatic rings. The normalized spacial score (nSPS) is 23.0. The summed E-state index contributed by atoms with van der Waals surface area (Å²) in [5.41, 5.74) is 0.535. The molecular weight excluding hydrogens is 128 g/mol. The second-order valence-electron chi connectivity index (χ2n) is 3.07. The highest BCUT2D eigenvalue weighted by atomic mass is 17.1. The summed E-state index contributed by atoms with van der Waals surface area (Å²) < 4.78 is 0. The van der Waals surface area contributed by atoms with E-state index >= 15 is 0 Å². The molecule has 0 aromatic carbocycles. The maximum absolute atomic E-state index is 8.63. The first-order chi connectivity index (χ1) is 4.71. The Hall–Kier alpha value is -0.340. The molecule has 1 N–H and O–H groups in total. The van der Waals surface area contributed by atoms with Gasteiger partial charge in [0.15, 0.2) is 0 Å². The van der Waals surface area contributed by atoms with Crippen molar-refractivity contribution >= 4 is 0 Å². The zero-order valence-electron chi connectivity index (χ0n) is 6.39. The van der Waals surface area contributed by atoms with E-state index < -0.39 is 5.60 Å². The van der Waals surface area contributed by atoms with Gasteiger partial charge in [0.2, 0.25) is 0 Å². The van der Waals surface area contributed by atoms with Crippen molar-refractivity contribution in [3.63, 3.8) is 0 Å². The second kappa shape index (κ2) is 2.72. The molecule has 1 aliphatic rings. The molecule has 58 valence electrons. The lowest BCUT2D eigenvalue weighted by molar-refractivity contribution is -0.308. The molecule has 0 aliphatic heterocycles. The molecular formula is C8H14O2. The van der Waals surface area contributed by atoms with E-state index in [0.29, 0.717) is 0 Å². The predicted molar refractivity (Wildman–Crippen MR) is 39.7 cm³/mol. The SMILES string of the molecule is C=C(C)C1(OO)CCCC1. The lowest BCUT2D eigenvalue weighted by atomic mass is 9.95. The van der Waals surface area contributed by atoms with Gasteiger partial charge in [-0.15, -0.1) is 0 Å². The van der Waals surface area contributed by atoms with Crippen LogP contribution in [0.5, 0.6) is 0 Å². The van der Waals surface area contributed by atoms with Gasteiger partial charge in [-0.2, -0.15) is 0 Å². The monoisotopic (exact) mass is 142 g/mol. The minimum absolute atomic E-state index is 0.403. The van der Waals surface area contributed by atoms with Gasteiger partial charge in [-0.05, 0) is 38.2 Å². The summed E-state index contributed by atoms with van der Waals surface area (Å²) in [6.45, 7) is 5.70. The lowest BCUT2D eigenvalue weighted by Crippen LogP contribution is -2.28. The Balaban J connectivity index is 2.67. The number of hydrogen-bond acceptors (Lipinski definition) is 2. The van der Waals surface area contributed by atoms with Gasteiger partial charge in [-0.25, -0.2) is 4.89 Å². The first kappa shape index (κ1) is 7.76. The van der Waals surface area contributed by atoms with Crippen molar-refractivity contribution < 1.29 is 10.1 Å². The Morgan fingerprint density at radius 3 is 2.20 bits per heavy atom. The molecule has 10 heavy (non-hydrogen) atoms. The van der Waals surface area contributed by atoms with E-state index in [-0.39, 0.29) is 0 Å². The zero-order valence-corrected chi connectivity index (χ0v) is 6.39. The average molecular weight is 142 g/mol. The third-order valence-electron chi connectivity index (χ3n) is 2.36. The quantitative estimate of drug-likeness (QED) is 0.364. The number of rotatable bonds is 2. The van der Waals surface area contributed by atoms with E-state index in [9.17, 15) is 0 Å². The summed E-state index contributed by atoms with van der Waals surface area (Å²) in [5, 5.41) is 8.63. The Labute approximate surface area is 61.4 Å². The summed E-state index contributed by atoms with van der Waals surface area (Å²) in [4.78, 5) is 4.46. The average Bonchev–Trinajstić information content (AvgIpc) is 2.35. The van der Waals surface area contributed by atoms with Gasteiger partial charge in [-0.1, -0.05) is 6.58 Å². The highest BCUT2D eigenvalue weighted by Gasteiger charge is 2.36. The fraction of sp³-hybridized carbons (Fsp3) is 0.750. The van der Waals surface area contributed by atoms with E-state index in [0.717, 1.165) is 31.3 Å². The summed E-state index contributed by atoms with van der Waals surface area (Å²) in [5.74, 6) is 0. The van der Waals surface area contributed by atoms with Crippen LogP contribution in [-0.2, 0) is 4.89 Å². The van der Waals surface area contributed by atoms with Gasteiger partial charge < -0.3 is 0 Å². The van der Waals surface area contributed by atoms with Crippen molar-refractivity contribution in [2.24, 2.45) is 0 Å². The Morgan fingerprint density at radius 1 is 1.50 bits per heavy atom. The van der Waals surface area contributed by atoms with E-state index in [1.165, 1.54) is 0 Å². The van der Waals surface area contributed by atoms with E-state index in [2.05, 4.69) is 11.5 Å². The van der Waals surface area contributed by atoms with Crippen LogP contribution < -0.4 is 0 Å². The molecule has 0 heterocycles. The van der Waals surface area contributed by atoms with Crippen LogP contribution in [0.3, 0.4) is 0 Å². The van der Waals surface area contributed by atoms with Gasteiger partial charge in [0.25, 0.3) is 0 Å². The molecule has 2 heteroatoms. The third kappa shape index (κ3) is 1.09. The third-order valence-corrected chi connectivity index (χ3v) is 2.36. The molecule has 0 bridgehead atoms. The van der Waals surface area contributed by atoms with Gasteiger partial charge >= 0.3 is 0 Å². The molecule has 1 saturated carbocycles. The van der Waals surface area contributed by atoms with Crippen molar-refractivity contribution in [3.8, 4) is 0 Å². The molecule has 1 aliphatic carbocycles. The molecule has 0 amide bonds. The topological polar surface area (TPSA) is 29.5 Å². The van der Waals surface area contributed by atoms with E-state index in [4.69, 9.17) is 5.26 Å². The standard InChI is InChI=1S/C8H14O2/c1-7(2)8(10-9)5-3-4-6-8/h9H,1,3-6H2,2H3. The number of hydrogen-bond donors (Lipinski definition) is 1. The molecule has 0 spiro atoms. The Bertz CT molecular complexity index is 134. The molecule has 0 atom stereocenters. The van der Waals surface area contributed by atoms with Crippen LogP contribution >= 0.6 is 0 Å². The molecule has 0 radical (unpaired) electrons. The molecule has 0 aromatic heterocycles. The van der Waals surface area contributed by atoms with Gasteiger partial charge in [0.1, 0.15) is 5.60 Å². The summed E-state index contributed by atoms with van der Waals surface area (Å²) in [6.07, 6.45) is 4.10. The predicted octanol–water partition coefficient (Wildman–Crippen LogP) is 2.36. The molecule has 1 rings (SSSR count). The van der Waals surface area contributed by atoms with E-state index in [1.54, 1.807) is 0 Å². The summed E-state index contributed by atoms with van der Waals surface area (Å²) in [6, 6.07) is 0. The minimum atomic E-state index is -0.403. The van der Waals surface area contributed by atoms with Crippen LogP contribution in [0.15, 0.2) is 12.2 Å². The molecule has 0 saturated heterocycles. The van der Waals surface area contributed by atoms with Crippen LogP contribution in [0, 0.1) is 0 Å². The Morgan fingerprint density at radius 2 is 2.00 bits per heavy atom. The van der Waals surface area contributed by atoms with Crippen molar-refractivity contribution in [1.29, 1.82) is 0 Å². The summed E-state index contributed by atoms with van der Waals surface area (Å²) in [7, 11) is 0. The van der Waals surface area contributed by atoms with Crippen LogP contribution in [0.25, 0.3) is 0 Å². The maximum atomic E-state index is 8.63. The fourth-order valence-electron chi connectivity index (χ4n) is 1.54. The summed E-state index contributed by atoms with van der Waals surface area (Å²) >= 11 is 0. The van der Waals surface area contributed by atoms with E-state index in [1.807, 2.05) is 6.92 Å². The van der Waals surface area contributed by atoms with Gasteiger partial charge in [-0.3, -0.25) is 5.26 Å². The molecule has 1 fully saturated rings. The van der Waals surface area contributed by atoms with Crippen LogP contribution in [0.1, 0.15) is 32.6 Å². The van der Waals surface area contributed by atoms with Crippen molar-refractivity contribution in [2.75, 3.05) is 0 Å².